The van der Waals surface area contributed by atoms with Crippen LogP contribution in [0.25, 0.3) is 21.8 Å². The van der Waals surface area contributed by atoms with Crippen LogP contribution in [-0.4, -0.2) is 18.1 Å². The molecule has 2 aromatic carbocycles. The molecular weight excluding hydrogens is 250 g/mol. The maximum absolute atomic E-state index is 11.8. The van der Waals surface area contributed by atoms with Crippen LogP contribution in [-0.2, 0) is 4.74 Å². The molecule has 1 N–H and O–H groups in total. The van der Waals surface area contributed by atoms with E-state index in [1.54, 1.807) is 6.07 Å². The van der Waals surface area contributed by atoms with Crippen LogP contribution in [0.5, 0.6) is 0 Å². The van der Waals surface area contributed by atoms with Gasteiger partial charge in [-0.25, -0.2) is 4.79 Å². The average molecular weight is 260 g/mol. The Morgan fingerprint density at radius 2 is 2.00 bits per heavy atom. The molecule has 0 radical (unpaired) electrons. The first-order valence-corrected chi connectivity index (χ1v) is 5.87. The van der Waals surface area contributed by atoms with Crippen LogP contribution in [0.1, 0.15) is 10.4 Å². The van der Waals surface area contributed by atoms with Crippen molar-refractivity contribution in [2.24, 2.45) is 0 Å². The number of carbonyl (C=O) groups is 1. The van der Waals surface area contributed by atoms with Gasteiger partial charge in [0.1, 0.15) is 0 Å². The van der Waals surface area contributed by atoms with Crippen molar-refractivity contribution in [1.29, 1.82) is 0 Å². The molecule has 3 nitrogen and oxygen atoms in total. The minimum Gasteiger partial charge on any atom is -0.465 e. The zero-order valence-electron chi connectivity index (χ0n) is 9.66. The SMILES string of the molecule is COC(=O)c1cc(Cl)cc2[nH]c3ccccc3c12. The minimum atomic E-state index is -0.382. The van der Waals surface area contributed by atoms with Crippen LogP contribution in [0.2, 0.25) is 5.02 Å². The van der Waals surface area contributed by atoms with Crippen LogP contribution in [0.3, 0.4) is 0 Å². The number of halogens is 1. The minimum absolute atomic E-state index is 0.382. The Bertz CT molecular complexity index is 761. The van der Waals surface area contributed by atoms with Crippen LogP contribution >= 0.6 is 11.6 Å². The lowest BCUT2D eigenvalue weighted by molar-refractivity contribution is 0.0603. The number of ether oxygens (including phenoxy) is 1. The molecule has 0 aliphatic rings. The summed E-state index contributed by atoms with van der Waals surface area (Å²) >= 11 is 6.02. The Morgan fingerprint density at radius 1 is 1.22 bits per heavy atom. The van der Waals surface area contributed by atoms with E-state index in [-0.39, 0.29) is 5.97 Å². The molecule has 0 unspecified atom stereocenters. The number of nitrogens with one attached hydrogen (secondary N) is 1. The Morgan fingerprint density at radius 3 is 2.78 bits per heavy atom. The molecule has 0 spiro atoms. The number of carbonyl (C=O) groups excluding carboxylic acids is 1. The average Bonchev–Trinajstić information content (AvgIpc) is 2.74. The molecule has 1 aromatic heterocycles. The zero-order chi connectivity index (χ0) is 12.7. The Hall–Kier alpha value is -2.00. The van der Waals surface area contributed by atoms with Crippen molar-refractivity contribution in [1.82, 2.24) is 4.98 Å². The van der Waals surface area contributed by atoms with Gasteiger partial charge in [0.05, 0.1) is 12.7 Å². The van der Waals surface area contributed by atoms with Gasteiger partial charge in [-0.1, -0.05) is 29.8 Å². The summed E-state index contributed by atoms with van der Waals surface area (Å²) in [7, 11) is 1.36. The summed E-state index contributed by atoms with van der Waals surface area (Å²) in [6.07, 6.45) is 0. The van der Waals surface area contributed by atoms with Gasteiger partial charge in [0.2, 0.25) is 0 Å². The summed E-state index contributed by atoms with van der Waals surface area (Å²) in [5.74, 6) is -0.382. The van der Waals surface area contributed by atoms with Crippen molar-refractivity contribution >= 4 is 39.4 Å². The Labute approximate surface area is 108 Å². The van der Waals surface area contributed by atoms with Crippen LogP contribution < -0.4 is 0 Å². The van der Waals surface area contributed by atoms with Gasteiger partial charge in [-0.05, 0) is 18.2 Å². The molecule has 0 fully saturated rings. The number of H-pyrrole nitrogens is 1. The molecule has 0 bridgehead atoms. The van der Waals surface area contributed by atoms with Crippen molar-refractivity contribution in [3.8, 4) is 0 Å². The number of aromatic amines is 1. The first-order chi connectivity index (χ1) is 8.70. The number of benzene rings is 2. The van der Waals surface area contributed by atoms with Gasteiger partial charge >= 0.3 is 5.97 Å². The van der Waals surface area contributed by atoms with E-state index in [1.807, 2.05) is 30.3 Å². The van der Waals surface area contributed by atoms with Gasteiger partial charge < -0.3 is 9.72 Å². The maximum atomic E-state index is 11.8. The second kappa shape index (κ2) is 4.03. The van der Waals surface area contributed by atoms with Crippen molar-refractivity contribution < 1.29 is 9.53 Å². The third kappa shape index (κ3) is 1.56. The number of methoxy groups -OCH3 is 1. The number of hydrogen-bond acceptors (Lipinski definition) is 2. The number of para-hydroxylation sites is 1. The van der Waals surface area contributed by atoms with Crippen molar-refractivity contribution in [2.45, 2.75) is 0 Å². The quantitative estimate of drug-likeness (QED) is 0.676. The molecule has 90 valence electrons. The third-order valence-corrected chi connectivity index (χ3v) is 3.19. The van der Waals surface area contributed by atoms with E-state index >= 15 is 0 Å². The monoisotopic (exact) mass is 259 g/mol. The van der Waals surface area contributed by atoms with Gasteiger partial charge in [-0.3, -0.25) is 0 Å². The summed E-state index contributed by atoms with van der Waals surface area (Å²) in [5.41, 5.74) is 2.29. The van der Waals surface area contributed by atoms with E-state index in [0.717, 1.165) is 21.8 Å². The smallest absolute Gasteiger partial charge is 0.338 e. The second-order valence-corrected chi connectivity index (χ2v) is 4.47. The summed E-state index contributed by atoms with van der Waals surface area (Å²) < 4.78 is 4.81. The first kappa shape index (κ1) is 11.1. The molecule has 18 heavy (non-hydrogen) atoms. The number of esters is 1. The second-order valence-electron chi connectivity index (χ2n) is 4.04. The summed E-state index contributed by atoms with van der Waals surface area (Å²) in [6.45, 7) is 0. The maximum Gasteiger partial charge on any atom is 0.338 e. The fourth-order valence-corrected chi connectivity index (χ4v) is 2.44. The summed E-state index contributed by atoms with van der Waals surface area (Å²) in [5, 5.41) is 2.35. The van der Waals surface area contributed by atoms with E-state index in [2.05, 4.69) is 4.98 Å². The molecule has 0 saturated carbocycles. The molecule has 3 rings (SSSR count). The number of aromatic nitrogens is 1. The highest BCUT2D eigenvalue weighted by Gasteiger charge is 2.15. The fourth-order valence-electron chi connectivity index (χ4n) is 2.22. The molecule has 0 atom stereocenters. The molecule has 4 heteroatoms. The molecule has 0 amide bonds. The predicted molar refractivity (Wildman–Crippen MR) is 72.2 cm³/mol. The summed E-state index contributed by atoms with van der Waals surface area (Å²) in [6, 6.07) is 11.3. The first-order valence-electron chi connectivity index (χ1n) is 5.49. The van der Waals surface area contributed by atoms with E-state index in [4.69, 9.17) is 16.3 Å². The molecule has 0 saturated heterocycles. The highest BCUT2D eigenvalue weighted by Crippen LogP contribution is 2.31. The standard InChI is InChI=1S/C14H10ClNO2/c1-18-14(17)10-6-8(15)7-12-13(10)9-4-2-3-5-11(9)16-12/h2-7,16H,1H3. The molecule has 0 aliphatic heterocycles. The molecule has 0 aliphatic carbocycles. The Kier molecular flexibility index (Phi) is 2.49. The van der Waals surface area contributed by atoms with Crippen molar-refractivity contribution in [2.75, 3.05) is 7.11 Å². The molecular formula is C14H10ClNO2. The van der Waals surface area contributed by atoms with E-state index in [9.17, 15) is 4.79 Å². The van der Waals surface area contributed by atoms with Crippen LogP contribution in [0.4, 0.5) is 0 Å². The molecule has 1 heterocycles. The van der Waals surface area contributed by atoms with Gasteiger partial charge in [0.15, 0.2) is 0 Å². The van der Waals surface area contributed by atoms with Crippen molar-refractivity contribution in [3.05, 3.63) is 47.0 Å². The van der Waals surface area contributed by atoms with E-state index < -0.39 is 0 Å². The van der Waals surface area contributed by atoms with Crippen molar-refractivity contribution in [3.63, 3.8) is 0 Å². The zero-order valence-corrected chi connectivity index (χ0v) is 10.4. The van der Waals surface area contributed by atoms with E-state index in [0.29, 0.717) is 10.6 Å². The highest BCUT2D eigenvalue weighted by molar-refractivity contribution is 6.32. The lowest BCUT2D eigenvalue weighted by Crippen LogP contribution is -2.01. The predicted octanol–water partition coefficient (Wildman–Crippen LogP) is 3.76. The lowest BCUT2D eigenvalue weighted by atomic mass is 10.1. The number of fused-ring (bicyclic) bond motifs is 3. The largest absolute Gasteiger partial charge is 0.465 e. The Balaban J connectivity index is 2.50. The van der Waals surface area contributed by atoms with Gasteiger partial charge in [-0.15, -0.1) is 0 Å². The fraction of sp³-hybridized carbons (Fsp3) is 0.0714. The number of hydrogen-bond donors (Lipinski definition) is 1. The van der Waals surface area contributed by atoms with Gasteiger partial charge in [0, 0.05) is 26.8 Å². The van der Waals surface area contributed by atoms with Gasteiger partial charge in [-0.2, -0.15) is 0 Å². The van der Waals surface area contributed by atoms with Crippen LogP contribution in [0, 0.1) is 0 Å². The van der Waals surface area contributed by atoms with Crippen LogP contribution in [0.15, 0.2) is 36.4 Å². The normalized spacial score (nSPS) is 11.0. The third-order valence-electron chi connectivity index (χ3n) is 2.97. The van der Waals surface area contributed by atoms with E-state index in [1.165, 1.54) is 7.11 Å². The van der Waals surface area contributed by atoms with Gasteiger partial charge in [0.25, 0.3) is 0 Å². The summed E-state index contributed by atoms with van der Waals surface area (Å²) in [4.78, 5) is 15.1. The highest BCUT2D eigenvalue weighted by atomic mass is 35.5. The molecule has 3 aromatic rings. The number of rotatable bonds is 1. The topological polar surface area (TPSA) is 42.1 Å². The lowest BCUT2D eigenvalue weighted by Gasteiger charge is -2.02.